The molecule has 0 unspecified atom stereocenters. The fourth-order valence-electron chi connectivity index (χ4n) is 7.11. The van der Waals surface area contributed by atoms with Crippen LogP contribution in [0.15, 0.2) is 181 Å². The molecular formula is C48H35N5O. The first-order valence-electron chi connectivity index (χ1n) is 17.9. The average molecular weight is 698 g/mol. The van der Waals surface area contributed by atoms with Gasteiger partial charge >= 0.3 is 5.69 Å². The van der Waals surface area contributed by atoms with Crippen molar-refractivity contribution >= 4 is 11.0 Å². The molecule has 6 nitrogen and oxygen atoms in total. The summed E-state index contributed by atoms with van der Waals surface area (Å²) in [5.41, 5.74) is 13.5. The molecule has 0 N–H and O–H groups in total. The molecule has 9 rings (SSSR count). The van der Waals surface area contributed by atoms with Gasteiger partial charge in [0.05, 0.1) is 11.0 Å². The molecule has 9 aromatic rings. The van der Waals surface area contributed by atoms with Gasteiger partial charge in [0, 0.05) is 30.8 Å². The maximum absolute atomic E-state index is 12.5. The van der Waals surface area contributed by atoms with Crippen molar-refractivity contribution in [2.75, 3.05) is 0 Å². The van der Waals surface area contributed by atoms with Crippen molar-refractivity contribution in [3.8, 4) is 78.7 Å². The van der Waals surface area contributed by atoms with Crippen molar-refractivity contribution in [2.24, 2.45) is 14.1 Å². The Labute approximate surface area is 313 Å². The van der Waals surface area contributed by atoms with Gasteiger partial charge in [0.2, 0.25) is 0 Å². The van der Waals surface area contributed by atoms with Gasteiger partial charge in [0.25, 0.3) is 0 Å². The van der Waals surface area contributed by atoms with Gasteiger partial charge in [0.15, 0.2) is 17.5 Å². The number of aromatic nitrogens is 5. The third-order valence-electron chi connectivity index (χ3n) is 10.1. The van der Waals surface area contributed by atoms with Gasteiger partial charge in [-0.2, -0.15) is 0 Å². The van der Waals surface area contributed by atoms with Crippen LogP contribution < -0.4 is 5.69 Å². The Morgan fingerprint density at radius 1 is 0.333 bits per heavy atom. The number of aryl methyl sites for hydroxylation is 2. The van der Waals surface area contributed by atoms with Crippen LogP contribution in [0.2, 0.25) is 0 Å². The van der Waals surface area contributed by atoms with E-state index in [0.29, 0.717) is 17.5 Å². The minimum atomic E-state index is -0.0401. The molecule has 0 saturated carbocycles. The minimum absolute atomic E-state index is 0.0401. The second-order valence-electron chi connectivity index (χ2n) is 13.4. The molecule has 0 fully saturated rings. The molecule has 0 amide bonds. The van der Waals surface area contributed by atoms with Gasteiger partial charge in [-0.3, -0.25) is 9.13 Å². The maximum Gasteiger partial charge on any atom is 0.328 e. The molecule has 0 saturated heterocycles. The molecule has 54 heavy (non-hydrogen) atoms. The Hall–Kier alpha value is -7.18. The van der Waals surface area contributed by atoms with Crippen LogP contribution in [0.4, 0.5) is 0 Å². The van der Waals surface area contributed by atoms with E-state index in [-0.39, 0.29) is 5.69 Å². The summed E-state index contributed by atoms with van der Waals surface area (Å²) in [4.78, 5) is 27.4. The highest BCUT2D eigenvalue weighted by atomic mass is 16.1. The molecule has 0 aliphatic heterocycles. The van der Waals surface area contributed by atoms with Crippen LogP contribution in [0, 0.1) is 0 Å². The zero-order chi connectivity index (χ0) is 36.6. The highest BCUT2D eigenvalue weighted by Gasteiger charge is 2.15. The topological polar surface area (TPSA) is 65.6 Å². The van der Waals surface area contributed by atoms with Crippen molar-refractivity contribution in [2.45, 2.75) is 0 Å². The fraction of sp³-hybridized carbons (Fsp3) is 0.0417. The van der Waals surface area contributed by atoms with Gasteiger partial charge in [0.1, 0.15) is 0 Å². The predicted octanol–water partition coefficient (Wildman–Crippen LogP) is 10.7. The number of benzene rings is 7. The summed E-state index contributed by atoms with van der Waals surface area (Å²) >= 11 is 0. The van der Waals surface area contributed by atoms with Crippen molar-refractivity contribution < 1.29 is 0 Å². The number of hydrogen-bond acceptors (Lipinski definition) is 4. The molecule has 0 atom stereocenters. The van der Waals surface area contributed by atoms with E-state index < -0.39 is 0 Å². The van der Waals surface area contributed by atoms with Gasteiger partial charge in [-0.1, -0.05) is 158 Å². The lowest BCUT2D eigenvalue weighted by Crippen LogP contribution is -2.19. The molecule has 2 aromatic heterocycles. The Kier molecular flexibility index (Phi) is 8.33. The smallest absolute Gasteiger partial charge is 0.295 e. The lowest BCUT2D eigenvalue weighted by Gasteiger charge is -2.14. The summed E-state index contributed by atoms with van der Waals surface area (Å²) in [6.45, 7) is 0. The summed E-state index contributed by atoms with van der Waals surface area (Å²) in [7, 11) is 3.60. The summed E-state index contributed by atoms with van der Waals surface area (Å²) in [5.74, 6) is 1.82. The van der Waals surface area contributed by atoms with Crippen LogP contribution >= 0.6 is 0 Å². The average Bonchev–Trinajstić information content (AvgIpc) is 3.47. The van der Waals surface area contributed by atoms with Gasteiger partial charge in [-0.15, -0.1) is 0 Å². The summed E-state index contributed by atoms with van der Waals surface area (Å²) < 4.78 is 3.35. The number of imidazole rings is 1. The molecule has 0 radical (unpaired) electrons. The van der Waals surface area contributed by atoms with E-state index in [2.05, 4.69) is 127 Å². The molecule has 7 aromatic carbocycles. The second kappa shape index (κ2) is 13.7. The number of nitrogens with zero attached hydrogens (tertiary/aromatic N) is 5. The Morgan fingerprint density at radius 3 is 1.22 bits per heavy atom. The first-order chi connectivity index (χ1) is 26.5. The molecule has 0 bridgehead atoms. The van der Waals surface area contributed by atoms with Crippen molar-refractivity contribution in [1.29, 1.82) is 0 Å². The zero-order valence-electron chi connectivity index (χ0n) is 29.9. The molecule has 0 aliphatic rings. The third-order valence-corrected chi connectivity index (χ3v) is 10.1. The summed E-state index contributed by atoms with van der Waals surface area (Å²) in [6.07, 6.45) is 0. The highest BCUT2D eigenvalue weighted by molar-refractivity contribution is 5.87. The molecule has 0 aliphatic carbocycles. The van der Waals surface area contributed by atoms with E-state index in [1.54, 1.807) is 23.2 Å². The summed E-state index contributed by atoms with van der Waals surface area (Å²) in [6, 6.07) is 60.6. The molecule has 2 heterocycles. The van der Waals surface area contributed by atoms with E-state index >= 15 is 0 Å². The standard InChI is InChI=1S/C48H35N5O/c1-52-43-29-27-40(31-44(43)53(2)48(52)54)33-20-24-38(25-21-33)47-50-45(36-16-10-5-11-17-36)49-46(51-47)37-22-18-32(19-23-37)39-26-28-41(34-12-6-3-7-13-34)42(30-39)35-14-8-4-9-15-35/h3-31H,1-2H3. The predicted molar refractivity (Wildman–Crippen MR) is 220 cm³/mol. The third kappa shape index (κ3) is 6.10. The SMILES string of the molecule is Cn1c(=O)n(C)c2cc(-c3ccc(-c4nc(-c5ccccc5)nc(-c5ccc(-c6ccc(-c7ccccc7)c(-c7ccccc7)c6)cc5)n4)cc3)ccc21. The largest absolute Gasteiger partial charge is 0.328 e. The van der Waals surface area contributed by atoms with Gasteiger partial charge in [-0.25, -0.2) is 19.7 Å². The zero-order valence-corrected chi connectivity index (χ0v) is 29.9. The monoisotopic (exact) mass is 697 g/mol. The van der Waals surface area contributed by atoms with Gasteiger partial charge < -0.3 is 0 Å². The minimum Gasteiger partial charge on any atom is -0.295 e. The molecule has 0 spiro atoms. The first kappa shape index (κ1) is 32.7. The van der Waals surface area contributed by atoms with Gasteiger partial charge in [-0.05, 0) is 62.7 Å². The van der Waals surface area contributed by atoms with E-state index in [9.17, 15) is 4.79 Å². The van der Waals surface area contributed by atoms with Crippen LogP contribution in [0.3, 0.4) is 0 Å². The molecule has 6 heteroatoms. The molecular weight excluding hydrogens is 663 g/mol. The fourth-order valence-corrected chi connectivity index (χ4v) is 7.11. The highest BCUT2D eigenvalue weighted by Crippen LogP contribution is 2.36. The Bertz CT molecular complexity index is 2820. The van der Waals surface area contributed by atoms with Crippen LogP contribution in [-0.2, 0) is 14.1 Å². The Balaban J connectivity index is 1.07. The maximum atomic E-state index is 12.5. The second-order valence-corrected chi connectivity index (χ2v) is 13.4. The van der Waals surface area contributed by atoms with Crippen molar-refractivity contribution in [3.05, 3.63) is 186 Å². The van der Waals surface area contributed by atoms with Crippen LogP contribution in [0.1, 0.15) is 0 Å². The first-order valence-corrected chi connectivity index (χ1v) is 17.9. The van der Waals surface area contributed by atoms with Crippen LogP contribution in [0.5, 0.6) is 0 Å². The van der Waals surface area contributed by atoms with Crippen molar-refractivity contribution in [1.82, 2.24) is 24.1 Å². The number of rotatable bonds is 7. The van der Waals surface area contributed by atoms with E-state index in [1.807, 2.05) is 48.5 Å². The number of hydrogen-bond donors (Lipinski definition) is 0. The lowest BCUT2D eigenvalue weighted by atomic mass is 9.91. The lowest BCUT2D eigenvalue weighted by molar-refractivity contribution is 0.795. The summed E-state index contributed by atoms with van der Waals surface area (Å²) in [5, 5.41) is 0. The Morgan fingerprint density at radius 2 is 0.704 bits per heavy atom. The normalized spacial score (nSPS) is 11.2. The van der Waals surface area contributed by atoms with E-state index in [1.165, 1.54) is 22.3 Å². The number of fused-ring (bicyclic) bond motifs is 1. The molecule has 258 valence electrons. The van der Waals surface area contributed by atoms with Crippen molar-refractivity contribution in [3.63, 3.8) is 0 Å². The quantitative estimate of drug-likeness (QED) is 0.166. The van der Waals surface area contributed by atoms with Crippen LogP contribution in [0.25, 0.3) is 89.7 Å². The van der Waals surface area contributed by atoms with Crippen LogP contribution in [-0.4, -0.2) is 24.1 Å². The van der Waals surface area contributed by atoms with E-state index in [4.69, 9.17) is 15.0 Å². The van der Waals surface area contributed by atoms with E-state index in [0.717, 1.165) is 50.0 Å².